The van der Waals surface area contributed by atoms with E-state index in [0.717, 1.165) is 23.5 Å². The smallest absolute Gasteiger partial charge is 0.0865 e. The highest BCUT2D eigenvalue weighted by molar-refractivity contribution is 6.09. The Hall–Kier alpha value is -2.87. The standard InChI is InChI=1S/C22H20N2/c1-16-11-13-18(14-12-16)22-21(15-17-7-3-2-4-8-17)23-19-9-5-6-10-20(19)24-22/h2-14,21,23H,15H2,1H3. The van der Waals surface area contributed by atoms with Gasteiger partial charge in [0.05, 0.1) is 23.1 Å². The van der Waals surface area contributed by atoms with E-state index < -0.39 is 0 Å². The molecular formula is C22H20N2. The highest BCUT2D eigenvalue weighted by Crippen LogP contribution is 2.32. The van der Waals surface area contributed by atoms with Crippen molar-refractivity contribution < 1.29 is 0 Å². The van der Waals surface area contributed by atoms with Crippen LogP contribution in [0.3, 0.4) is 0 Å². The first-order valence-corrected chi connectivity index (χ1v) is 8.35. The third-order valence-electron chi connectivity index (χ3n) is 4.43. The van der Waals surface area contributed by atoms with Crippen LogP contribution in [0.25, 0.3) is 0 Å². The minimum Gasteiger partial charge on any atom is -0.375 e. The minimum absolute atomic E-state index is 0.171. The van der Waals surface area contributed by atoms with Crippen molar-refractivity contribution in [3.05, 3.63) is 95.6 Å². The van der Waals surface area contributed by atoms with E-state index >= 15 is 0 Å². The first kappa shape index (κ1) is 14.7. The zero-order chi connectivity index (χ0) is 16.4. The van der Waals surface area contributed by atoms with Gasteiger partial charge in [-0.1, -0.05) is 72.3 Å². The summed E-state index contributed by atoms with van der Waals surface area (Å²) in [4.78, 5) is 4.98. The number of rotatable bonds is 3. The number of nitrogens with one attached hydrogen (secondary N) is 1. The molecular weight excluding hydrogens is 292 g/mol. The number of fused-ring (bicyclic) bond motifs is 1. The summed E-state index contributed by atoms with van der Waals surface area (Å²) in [6.45, 7) is 2.11. The summed E-state index contributed by atoms with van der Waals surface area (Å²) in [5.74, 6) is 0. The Balaban J connectivity index is 1.75. The summed E-state index contributed by atoms with van der Waals surface area (Å²) in [7, 11) is 0. The number of anilines is 1. The van der Waals surface area contributed by atoms with Gasteiger partial charge in [0.15, 0.2) is 0 Å². The Kier molecular flexibility index (Phi) is 3.87. The second-order valence-corrected chi connectivity index (χ2v) is 6.27. The molecule has 0 spiro atoms. The van der Waals surface area contributed by atoms with E-state index in [9.17, 15) is 0 Å². The fraction of sp³-hybridized carbons (Fsp3) is 0.136. The molecule has 2 heteroatoms. The van der Waals surface area contributed by atoms with E-state index in [-0.39, 0.29) is 6.04 Å². The summed E-state index contributed by atoms with van der Waals surface area (Å²) in [5.41, 5.74) is 6.99. The van der Waals surface area contributed by atoms with Gasteiger partial charge in [-0.25, -0.2) is 4.99 Å². The van der Waals surface area contributed by atoms with Crippen LogP contribution < -0.4 is 5.32 Å². The van der Waals surface area contributed by atoms with Gasteiger partial charge in [-0.2, -0.15) is 0 Å². The average Bonchev–Trinajstić information content (AvgIpc) is 2.63. The topological polar surface area (TPSA) is 24.4 Å². The molecule has 1 aliphatic rings. The summed E-state index contributed by atoms with van der Waals surface area (Å²) in [6.07, 6.45) is 0.919. The third-order valence-corrected chi connectivity index (χ3v) is 4.43. The van der Waals surface area contributed by atoms with Crippen molar-refractivity contribution in [3.8, 4) is 0 Å². The predicted octanol–water partition coefficient (Wildman–Crippen LogP) is 5.15. The fourth-order valence-corrected chi connectivity index (χ4v) is 3.14. The molecule has 3 aromatic rings. The Morgan fingerprint density at radius 2 is 1.54 bits per heavy atom. The SMILES string of the molecule is Cc1ccc(C2=Nc3ccccc3NC2Cc2ccccc2)cc1. The number of aryl methyl sites for hydroxylation is 1. The Morgan fingerprint density at radius 3 is 2.33 bits per heavy atom. The molecule has 1 unspecified atom stereocenters. The first-order chi connectivity index (χ1) is 11.8. The Morgan fingerprint density at radius 1 is 0.833 bits per heavy atom. The highest BCUT2D eigenvalue weighted by atomic mass is 15.0. The molecule has 24 heavy (non-hydrogen) atoms. The minimum atomic E-state index is 0.171. The van der Waals surface area contributed by atoms with Crippen molar-refractivity contribution >= 4 is 17.1 Å². The number of hydrogen-bond acceptors (Lipinski definition) is 2. The van der Waals surface area contributed by atoms with E-state index in [1.165, 1.54) is 16.7 Å². The average molecular weight is 312 g/mol. The van der Waals surface area contributed by atoms with Crippen LogP contribution in [0.15, 0.2) is 83.9 Å². The lowest BCUT2D eigenvalue weighted by Crippen LogP contribution is -2.34. The predicted molar refractivity (Wildman–Crippen MR) is 101 cm³/mol. The van der Waals surface area contributed by atoms with E-state index in [0.29, 0.717) is 0 Å². The lowest BCUT2D eigenvalue weighted by Gasteiger charge is -2.27. The van der Waals surface area contributed by atoms with Crippen LogP contribution in [-0.4, -0.2) is 11.8 Å². The van der Waals surface area contributed by atoms with Gasteiger partial charge in [0.25, 0.3) is 0 Å². The molecule has 4 rings (SSSR count). The van der Waals surface area contributed by atoms with Crippen molar-refractivity contribution in [1.82, 2.24) is 0 Å². The quantitative estimate of drug-likeness (QED) is 0.710. The molecule has 1 N–H and O–H groups in total. The normalized spacial score (nSPS) is 16.0. The summed E-state index contributed by atoms with van der Waals surface area (Å²) < 4.78 is 0. The molecule has 2 nitrogen and oxygen atoms in total. The zero-order valence-electron chi connectivity index (χ0n) is 13.7. The second-order valence-electron chi connectivity index (χ2n) is 6.27. The molecule has 0 fully saturated rings. The van der Waals surface area contributed by atoms with Gasteiger partial charge >= 0.3 is 0 Å². The van der Waals surface area contributed by atoms with Crippen LogP contribution in [-0.2, 0) is 6.42 Å². The van der Waals surface area contributed by atoms with E-state index in [4.69, 9.17) is 4.99 Å². The van der Waals surface area contributed by atoms with Crippen LogP contribution in [0, 0.1) is 6.92 Å². The lowest BCUT2D eigenvalue weighted by atomic mass is 9.94. The maximum Gasteiger partial charge on any atom is 0.0865 e. The number of aliphatic imine (C=N–C) groups is 1. The highest BCUT2D eigenvalue weighted by Gasteiger charge is 2.23. The van der Waals surface area contributed by atoms with Gasteiger partial charge in [-0.3, -0.25) is 0 Å². The molecule has 1 atom stereocenters. The van der Waals surface area contributed by atoms with Crippen molar-refractivity contribution in [2.24, 2.45) is 4.99 Å². The van der Waals surface area contributed by atoms with Crippen LogP contribution in [0.1, 0.15) is 16.7 Å². The van der Waals surface area contributed by atoms with Crippen molar-refractivity contribution in [2.45, 2.75) is 19.4 Å². The van der Waals surface area contributed by atoms with Crippen molar-refractivity contribution in [3.63, 3.8) is 0 Å². The van der Waals surface area contributed by atoms with Crippen LogP contribution >= 0.6 is 0 Å². The van der Waals surface area contributed by atoms with E-state index in [2.05, 4.69) is 85.0 Å². The van der Waals surface area contributed by atoms with Crippen molar-refractivity contribution in [1.29, 1.82) is 0 Å². The number of para-hydroxylation sites is 2. The largest absolute Gasteiger partial charge is 0.375 e. The van der Waals surface area contributed by atoms with Crippen LogP contribution in [0.2, 0.25) is 0 Å². The fourth-order valence-electron chi connectivity index (χ4n) is 3.14. The monoisotopic (exact) mass is 312 g/mol. The molecule has 0 aliphatic carbocycles. The van der Waals surface area contributed by atoms with Gasteiger partial charge in [0.2, 0.25) is 0 Å². The molecule has 0 radical (unpaired) electrons. The van der Waals surface area contributed by atoms with Gasteiger partial charge in [-0.15, -0.1) is 0 Å². The summed E-state index contributed by atoms with van der Waals surface area (Å²) in [6, 6.07) is 27.7. The molecule has 1 heterocycles. The number of benzene rings is 3. The van der Waals surface area contributed by atoms with Gasteiger partial charge in [0, 0.05) is 0 Å². The van der Waals surface area contributed by atoms with Gasteiger partial charge < -0.3 is 5.32 Å². The molecule has 3 aromatic carbocycles. The molecule has 118 valence electrons. The maximum absolute atomic E-state index is 4.98. The van der Waals surface area contributed by atoms with Gasteiger partial charge in [-0.05, 0) is 36.6 Å². The van der Waals surface area contributed by atoms with Crippen molar-refractivity contribution in [2.75, 3.05) is 5.32 Å². The van der Waals surface area contributed by atoms with Crippen LogP contribution in [0.5, 0.6) is 0 Å². The molecule has 0 saturated heterocycles. The number of hydrogen-bond donors (Lipinski definition) is 1. The molecule has 1 aliphatic heterocycles. The molecule has 0 saturated carbocycles. The van der Waals surface area contributed by atoms with Gasteiger partial charge in [0.1, 0.15) is 0 Å². The summed E-state index contributed by atoms with van der Waals surface area (Å²) >= 11 is 0. The maximum atomic E-state index is 4.98. The lowest BCUT2D eigenvalue weighted by molar-refractivity contribution is 0.893. The molecule has 0 amide bonds. The summed E-state index contributed by atoms with van der Waals surface area (Å²) in [5, 5.41) is 3.68. The molecule has 0 aromatic heterocycles. The second kappa shape index (κ2) is 6.32. The molecule has 0 bridgehead atoms. The first-order valence-electron chi connectivity index (χ1n) is 8.35. The third kappa shape index (κ3) is 2.95. The van der Waals surface area contributed by atoms with E-state index in [1.54, 1.807) is 0 Å². The Bertz CT molecular complexity index is 864. The van der Waals surface area contributed by atoms with E-state index in [1.807, 2.05) is 6.07 Å². The van der Waals surface area contributed by atoms with Crippen LogP contribution in [0.4, 0.5) is 11.4 Å². The number of nitrogens with zero attached hydrogens (tertiary/aromatic N) is 1. The zero-order valence-corrected chi connectivity index (χ0v) is 13.7. The Labute approximate surface area is 142 Å².